The van der Waals surface area contributed by atoms with Crippen LogP contribution in [0.15, 0.2) is 65.0 Å². The molecule has 206 valence electrons. The van der Waals surface area contributed by atoms with Crippen LogP contribution in [0.2, 0.25) is 0 Å². The number of allylic oxidation sites excluding steroid dienone is 8. The number of carboxylic acids is 1. The van der Waals surface area contributed by atoms with Gasteiger partial charge in [-0.2, -0.15) is 0 Å². The molecular weight excluding hydrogens is 494 g/mol. The fourth-order valence-electron chi connectivity index (χ4n) is 4.06. The number of hydrogen-bond acceptors (Lipinski definition) is 6. The number of hydrogen-bond donors (Lipinski definition) is 2. The van der Waals surface area contributed by atoms with Crippen LogP contribution in [0.1, 0.15) is 84.3 Å². The van der Waals surface area contributed by atoms with Gasteiger partial charge in [-0.3, -0.25) is 9.59 Å². The molecule has 1 heterocycles. The second-order valence-corrected chi connectivity index (χ2v) is 10.6. The van der Waals surface area contributed by atoms with E-state index in [0.29, 0.717) is 40.4 Å². The molecule has 0 saturated heterocycles. The summed E-state index contributed by atoms with van der Waals surface area (Å²) < 4.78 is 0. The molecule has 1 aromatic rings. The predicted molar refractivity (Wildman–Crippen MR) is 162 cm³/mol. The molecule has 0 aliphatic heterocycles. The summed E-state index contributed by atoms with van der Waals surface area (Å²) in [6.45, 7) is 26.0. The van der Waals surface area contributed by atoms with E-state index in [1.807, 2.05) is 38.3 Å². The topological polar surface area (TPSA) is 106 Å². The Morgan fingerprint density at radius 3 is 2.26 bits per heavy atom. The van der Waals surface area contributed by atoms with Gasteiger partial charge in [-0.05, 0) is 55.4 Å². The number of carboxylic acid groups (broad SMARTS) is 1. The SMILES string of the molecule is C=C/C=C\C(C(=C)c1nc(C)c([C@](C)(C(=C)S/C=C(\CC)CCC(=O)O)C(=O)CC)c(N)n1)=C(/C)C(C)C. The van der Waals surface area contributed by atoms with Gasteiger partial charge in [-0.15, -0.1) is 11.8 Å². The maximum atomic E-state index is 13.4. The van der Waals surface area contributed by atoms with Gasteiger partial charge in [0.15, 0.2) is 5.82 Å². The lowest BCUT2D eigenvalue weighted by Crippen LogP contribution is -2.35. The van der Waals surface area contributed by atoms with E-state index in [2.05, 4.69) is 45.5 Å². The average Bonchev–Trinajstić information content (AvgIpc) is 2.86. The number of rotatable bonds is 15. The number of nitrogens with zero attached hydrogens (tertiary/aromatic N) is 2. The molecule has 0 bridgehead atoms. The number of aryl methyl sites for hydroxylation is 1. The van der Waals surface area contributed by atoms with Crippen LogP contribution in [-0.4, -0.2) is 26.8 Å². The summed E-state index contributed by atoms with van der Waals surface area (Å²) in [6, 6.07) is 0. The van der Waals surface area contributed by atoms with Crippen molar-refractivity contribution in [1.29, 1.82) is 0 Å². The first kappa shape index (κ1) is 32.8. The Morgan fingerprint density at radius 1 is 1.16 bits per heavy atom. The third-order valence-corrected chi connectivity index (χ3v) is 7.97. The van der Waals surface area contributed by atoms with Gasteiger partial charge in [0.05, 0.1) is 5.41 Å². The van der Waals surface area contributed by atoms with Crippen molar-refractivity contribution < 1.29 is 14.7 Å². The van der Waals surface area contributed by atoms with Crippen LogP contribution in [0.4, 0.5) is 5.82 Å². The van der Waals surface area contributed by atoms with E-state index in [1.54, 1.807) is 13.0 Å². The quantitative estimate of drug-likeness (QED) is 0.220. The fraction of sp³-hybridized carbons (Fsp3) is 0.419. The van der Waals surface area contributed by atoms with Crippen LogP contribution in [0.25, 0.3) is 5.57 Å². The first-order valence-electron chi connectivity index (χ1n) is 12.9. The van der Waals surface area contributed by atoms with Crippen molar-refractivity contribution >= 4 is 34.9 Å². The van der Waals surface area contributed by atoms with Crippen molar-refractivity contribution in [2.45, 2.75) is 79.6 Å². The lowest BCUT2D eigenvalue weighted by Gasteiger charge is -2.32. The number of aliphatic carboxylic acids is 1. The Kier molecular flexibility index (Phi) is 12.7. The van der Waals surface area contributed by atoms with E-state index in [4.69, 9.17) is 15.8 Å². The zero-order valence-corrected chi connectivity index (χ0v) is 24.8. The second-order valence-electron chi connectivity index (χ2n) is 9.68. The molecule has 0 spiro atoms. The number of Topliss-reactive ketones (excluding diaryl/α,β-unsaturated/α-hetero) is 1. The first-order chi connectivity index (χ1) is 17.8. The number of aromatic nitrogens is 2. The van der Waals surface area contributed by atoms with Crippen LogP contribution in [0.5, 0.6) is 0 Å². The van der Waals surface area contributed by atoms with Crippen LogP contribution < -0.4 is 5.73 Å². The molecule has 0 amide bonds. The number of carbonyl (C=O) groups excluding carboxylic acids is 1. The largest absolute Gasteiger partial charge is 0.481 e. The standard InChI is InChI=1S/C31H43N3O3S/c1-11-14-15-25(20(6)19(4)5)21(7)30-33-22(8)28(29(32)34-30)31(10,26(35)13-3)23(9)38-18-24(12-2)16-17-27(36)37/h11,14-15,18-19H,1,7,9,12-13,16-17H2,2-6,8,10H3,(H,36,37)(H2,32,33,34)/b15-14-,24-18+,25-20-/t31-/m1/s1. The zero-order chi connectivity index (χ0) is 29.2. The summed E-state index contributed by atoms with van der Waals surface area (Å²) >= 11 is 1.33. The molecule has 0 aliphatic rings. The van der Waals surface area contributed by atoms with Crippen LogP contribution in [0, 0.1) is 12.8 Å². The van der Waals surface area contributed by atoms with Crippen molar-refractivity contribution in [2.75, 3.05) is 5.73 Å². The summed E-state index contributed by atoms with van der Waals surface area (Å²) in [5, 5.41) is 10.9. The molecule has 0 fully saturated rings. The highest BCUT2D eigenvalue weighted by molar-refractivity contribution is 8.05. The van der Waals surface area contributed by atoms with Gasteiger partial charge in [-0.25, -0.2) is 9.97 Å². The van der Waals surface area contributed by atoms with E-state index in [0.717, 1.165) is 16.7 Å². The third kappa shape index (κ3) is 7.90. The van der Waals surface area contributed by atoms with E-state index in [-0.39, 0.29) is 30.4 Å². The Balaban J connectivity index is 3.62. The van der Waals surface area contributed by atoms with E-state index in [9.17, 15) is 9.59 Å². The van der Waals surface area contributed by atoms with E-state index < -0.39 is 11.4 Å². The summed E-state index contributed by atoms with van der Waals surface area (Å²) in [5.74, 6) is -0.000200. The minimum Gasteiger partial charge on any atom is -0.481 e. The van der Waals surface area contributed by atoms with Crippen molar-refractivity contribution in [3.8, 4) is 0 Å². The van der Waals surface area contributed by atoms with Crippen LogP contribution in [0.3, 0.4) is 0 Å². The molecule has 7 heteroatoms. The number of thioether (sulfide) groups is 1. The van der Waals surface area contributed by atoms with Crippen molar-refractivity contribution in [1.82, 2.24) is 9.97 Å². The van der Waals surface area contributed by atoms with Crippen LogP contribution >= 0.6 is 11.8 Å². The molecule has 0 radical (unpaired) electrons. The van der Waals surface area contributed by atoms with Crippen molar-refractivity contribution in [3.05, 3.63) is 82.1 Å². The molecular formula is C31H43N3O3S. The second kappa shape index (κ2) is 14.7. The molecule has 3 N–H and O–H groups in total. The molecule has 0 saturated carbocycles. The number of nitrogen functional groups attached to an aromatic ring is 1. The predicted octanol–water partition coefficient (Wildman–Crippen LogP) is 7.74. The van der Waals surface area contributed by atoms with Gasteiger partial charge < -0.3 is 10.8 Å². The van der Waals surface area contributed by atoms with Crippen molar-refractivity contribution in [2.24, 2.45) is 5.92 Å². The number of carbonyl (C=O) groups is 2. The maximum absolute atomic E-state index is 13.4. The Labute approximate surface area is 232 Å². The highest BCUT2D eigenvalue weighted by Crippen LogP contribution is 2.44. The van der Waals surface area contributed by atoms with Gasteiger partial charge in [0.25, 0.3) is 0 Å². The molecule has 6 nitrogen and oxygen atoms in total. The Morgan fingerprint density at radius 2 is 1.79 bits per heavy atom. The summed E-state index contributed by atoms with van der Waals surface area (Å²) in [5.41, 5.74) is 10.2. The number of nitrogens with two attached hydrogens (primary N) is 1. The Hall–Kier alpha value is -3.19. The average molecular weight is 538 g/mol. The van der Waals surface area contributed by atoms with Gasteiger partial charge >= 0.3 is 5.97 Å². The highest BCUT2D eigenvalue weighted by Gasteiger charge is 2.41. The molecule has 0 aromatic carbocycles. The maximum Gasteiger partial charge on any atom is 0.303 e. The lowest BCUT2D eigenvalue weighted by atomic mass is 9.76. The molecule has 0 aliphatic carbocycles. The number of anilines is 1. The van der Waals surface area contributed by atoms with Crippen LogP contribution in [-0.2, 0) is 15.0 Å². The van der Waals surface area contributed by atoms with Crippen molar-refractivity contribution in [3.63, 3.8) is 0 Å². The minimum atomic E-state index is -1.13. The monoisotopic (exact) mass is 537 g/mol. The van der Waals surface area contributed by atoms with E-state index >= 15 is 0 Å². The number of ketones is 1. The molecule has 1 rings (SSSR count). The normalized spacial score (nSPS) is 14.3. The van der Waals surface area contributed by atoms with Gasteiger partial charge in [0.2, 0.25) is 0 Å². The zero-order valence-electron chi connectivity index (χ0n) is 24.0. The lowest BCUT2D eigenvalue weighted by molar-refractivity contribution is -0.137. The minimum absolute atomic E-state index is 0.0534. The van der Waals surface area contributed by atoms with Gasteiger partial charge in [-0.1, -0.05) is 76.8 Å². The van der Waals surface area contributed by atoms with Gasteiger partial charge in [0, 0.05) is 29.7 Å². The summed E-state index contributed by atoms with van der Waals surface area (Å²) in [7, 11) is 0. The Bertz CT molecular complexity index is 1170. The molecule has 38 heavy (non-hydrogen) atoms. The molecule has 1 aromatic heterocycles. The summed E-state index contributed by atoms with van der Waals surface area (Å²) in [4.78, 5) is 34.4. The molecule has 1 atom stereocenters. The van der Waals surface area contributed by atoms with E-state index in [1.165, 1.54) is 11.8 Å². The first-order valence-corrected chi connectivity index (χ1v) is 13.8. The smallest absolute Gasteiger partial charge is 0.303 e. The highest BCUT2D eigenvalue weighted by atomic mass is 32.2. The van der Waals surface area contributed by atoms with Gasteiger partial charge in [0.1, 0.15) is 11.6 Å². The summed E-state index contributed by atoms with van der Waals surface area (Å²) in [6.07, 6.45) is 6.98. The molecule has 0 unspecified atom stereocenters. The third-order valence-electron chi connectivity index (χ3n) is 6.82. The fourth-order valence-corrected chi connectivity index (χ4v) is 5.11.